The lowest BCUT2D eigenvalue weighted by atomic mass is 10.0. The van der Waals surface area contributed by atoms with Crippen molar-refractivity contribution in [1.29, 1.82) is 0 Å². The van der Waals surface area contributed by atoms with E-state index in [4.69, 9.17) is 9.47 Å². The molecule has 0 bridgehead atoms. The SMILES string of the molecule is CC(CNC(=O)c1ccc2ccccc2n1)CC1(C)OCCO1. The van der Waals surface area contributed by atoms with Crippen molar-refractivity contribution in [2.75, 3.05) is 19.8 Å². The van der Waals surface area contributed by atoms with Crippen LogP contribution in [-0.4, -0.2) is 36.4 Å². The Labute approximate surface area is 136 Å². The zero-order chi connectivity index (χ0) is 16.3. The number of nitrogens with one attached hydrogen (secondary N) is 1. The summed E-state index contributed by atoms with van der Waals surface area (Å²) in [5.41, 5.74) is 1.27. The molecule has 122 valence electrons. The van der Waals surface area contributed by atoms with Crippen molar-refractivity contribution in [3.63, 3.8) is 0 Å². The van der Waals surface area contributed by atoms with Crippen LogP contribution in [0.3, 0.4) is 0 Å². The average Bonchev–Trinajstić information content (AvgIpc) is 2.98. The molecule has 0 aliphatic carbocycles. The standard InChI is InChI=1S/C18H22N2O3/c1-13(11-18(2)22-9-10-23-18)12-19-17(21)16-8-7-14-5-3-4-6-15(14)20-16/h3-8,13H,9-12H2,1-2H3,(H,19,21). The Morgan fingerprint density at radius 1 is 1.26 bits per heavy atom. The van der Waals surface area contributed by atoms with Crippen molar-refractivity contribution in [2.24, 2.45) is 5.92 Å². The van der Waals surface area contributed by atoms with E-state index < -0.39 is 5.79 Å². The van der Waals surface area contributed by atoms with Crippen molar-refractivity contribution in [3.8, 4) is 0 Å². The summed E-state index contributed by atoms with van der Waals surface area (Å²) < 4.78 is 11.2. The summed E-state index contributed by atoms with van der Waals surface area (Å²) in [7, 11) is 0. The van der Waals surface area contributed by atoms with Crippen LogP contribution >= 0.6 is 0 Å². The topological polar surface area (TPSA) is 60.5 Å². The zero-order valence-corrected chi connectivity index (χ0v) is 13.5. The molecule has 1 fully saturated rings. The predicted octanol–water partition coefficient (Wildman–Crippen LogP) is 2.75. The van der Waals surface area contributed by atoms with E-state index in [2.05, 4.69) is 17.2 Å². The second kappa shape index (κ2) is 6.64. The minimum Gasteiger partial charge on any atom is -0.350 e. The van der Waals surface area contributed by atoms with Gasteiger partial charge in [-0.2, -0.15) is 0 Å². The highest BCUT2D eigenvalue weighted by Crippen LogP contribution is 2.26. The largest absolute Gasteiger partial charge is 0.350 e. The highest BCUT2D eigenvalue weighted by atomic mass is 16.7. The fraction of sp³-hybridized carbons (Fsp3) is 0.444. The number of ether oxygens (including phenoxy) is 2. The molecule has 1 N–H and O–H groups in total. The number of carbonyl (C=O) groups excluding carboxylic acids is 1. The lowest BCUT2D eigenvalue weighted by Gasteiger charge is -2.25. The van der Waals surface area contributed by atoms with E-state index >= 15 is 0 Å². The summed E-state index contributed by atoms with van der Waals surface area (Å²) in [6.45, 7) is 5.86. The van der Waals surface area contributed by atoms with Gasteiger partial charge in [0.25, 0.3) is 5.91 Å². The molecule has 1 unspecified atom stereocenters. The maximum Gasteiger partial charge on any atom is 0.269 e. The van der Waals surface area contributed by atoms with Crippen molar-refractivity contribution in [2.45, 2.75) is 26.1 Å². The summed E-state index contributed by atoms with van der Waals surface area (Å²) in [5, 5.41) is 3.97. The lowest BCUT2D eigenvalue weighted by molar-refractivity contribution is -0.153. The van der Waals surface area contributed by atoms with Crippen LogP contribution in [0, 0.1) is 5.92 Å². The number of amides is 1. The van der Waals surface area contributed by atoms with Crippen LogP contribution in [-0.2, 0) is 9.47 Å². The minimum atomic E-state index is -0.522. The Kier molecular flexibility index (Phi) is 4.59. The first-order valence-corrected chi connectivity index (χ1v) is 7.98. The van der Waals surface area contributed by atoms with Crippen LogP contribution in [0.5, 0.6) is 0 Å². The number of benzene rings is 1. The second-order valence-electron chi connectivity index (χ2n) is 6.24. The van der Waals surface area contributed by atoms with Crippen LogP contribution in [0.25, 0.3) is 10.9 Å². The third-order valence-electron chi connectivity index (χ3n) is 4.06. The van der Waals surface area contributed by atoms with Gasteiger partial charge in [-0.1, -0.05) is 31.2 Å². The number of rotatable bonds is 5. The fourth-order valence-corrected chi connectivity index (χ4v) is 2.93. The molecule has 2 heterocycles. The van der Waals surface area contributed by atoms with Gasteiger partial charge in [-0.15, -0.1) is 0 Å². The monoisotopic (exact) mass is 314 g/mol. The van der Waals surface area contributed by atoms with E-state index in [0.29, 0.717) is 25.5 Å². The van der Waals surface area contributed by atoms with Gasteiger partial charge in [0.15, 0.2) is 5.79 Å². The minimum absolute atomic E-state index is 0.152. The number of fused-ring (bicyclic) bond motifs is 1. The average molecular weight is 314 g/mol. The molecular formula is C18H22N2O3. The highest BCUT2D eigenvalue weighted by molar-refractivity contribution is 5.94. The van der Waals surface area contributed by atoms with E-state index in [1.165, 1.54) is 0 Å². The number of para-hydroxylation sites is 1. The summed E-state index contributed by atoms with van der Waals surface area (Å²) in [5.74, 6) is -0.422. The molecule has 1 aliphatic heterocycles. The fourth-order valence-electron chi connectivity index (χ4n) is 2.93. The number of nitrogens with zero attached hydrogens (tertiary/aromatic N) is 1. The van der Waals surface area contributed by atoms with E-state index in [-0.39, 0.29) is 11.8 Å². The van der Waals surface area contributed by atoms with E-state index in [0.717, 1.165) is 17.3 Å². The molecule has 1 atom stereocenters. The molecular weight excluding hydrogens is 292 g/mol. The third kappa shape index (κ3) is 3.86. The van der Waals surface area contributed by atoms with Crippen molar-refractivity contribution >= 4 is 16.8 Å². The Hall–Kier alpha value is -1.98. The predicted molar refractivity (Wildman–Crippen MR) is 88.2 cm³/mol. The number of carbonyl (C=O) groups is 1. The summed E-state index contributed by atoms with van der Waals surface area (Å²) in [4.78, 5) is 16.7. The molecule has 1 aromatic heterocycles. The third-order valence-corrected chi connectivity index (χ3v) is 4.06. The molecule has 1 aromatic carbocycles. The van der Waals surface area contributed by atoms with Gasteiger partial charge in [0.1, 0.15) is 5.69 Å². The van der Waals surface area contributed by atoms with Crippen molar-refractivity contribution in [3.05, 3.63) is 42.1 Å². The molecule has 0 radical (unpaired) electrons. The molecule has 0 spiro atoms. The first kappa shape index (κ1) is 15.9. The first-order chi connectivity index (χ1) is 11.1. The summed E-state index contributed by atoms with van der Waals surface area (Å²) in [6, 6.07) is 11.4. The van der Waals surface area contributed by atoms with Gasteiger partial charge in [0.2, 0.25) is 0 Å². The second-order valence-corrected chi connectivity index (χ2v) is 6.24. The van der Waals surface area contributed by atoms with Crippen LogP contribution in [0.15, 0.2) is 36.4 Å². The van der Waals surface area contributed by atoms with Gasteiger partial charge in [0, 0.05) is 18.4 Å². The van der Waals surface area contributed by atoms with E-state index in [9.17, 15) is 4.79 Å². The molecule has 5 nitrogen and oxygen atoms in total. The van der Waals surface area contributed by atoms with Gasteiger partial charge < -0.3 is 14.8 Å². The summed E-state index contributed by atoms with van der Waals surface area (Å²) in [6.07, 6.45) is 0.748. The number of hydrogen-bond acceptors (Lipinski definition) is 4. The maximum absolute atomic E-state index is 12.3. The van der Waals surface area contributed by atoms with Gasteiger partial charge in [-0.05, 0) is 25.0 Å². The molecule has 3 rings (SSSR count). The van der Waals surface area contributed by atoms with Gasteiger partial charge >= 0.3 is 0 Å². The van der Waals surface area contributed by atoms with Crippen molar-refractivity contribution < 1.29 is 14.3 Å². The lowest BCUT2D eigenvalue weighted by Crippen LogP contribution is -2.34. The van der Waals surface area contributed by atoms with Gasteiger partial charge in [0.05, 0.1) is 18.7 Å². The Bertz CT molecular complexity index is 695. The Balaban J connectivity index is 1.57. The molecule has 23 heavy (non-hydrogen) atoms. The number of aromatic nitrogens is 1. The molecule has 2 aromatic rings. The highest BCUT2D eigenvalue weighted by Gasteiger charge is 2.32. The van der Waals surface area contributed by atoms with E-state index in [1.54, 1.807) is 6.07 Å². The zero-order valence-electron chi connectivity index (χ0n) is 13.5. The van der Waals surface area contributed by atoms with Gasteiger partial charge in [-0.25, -0.2) is 4.98 Å². The maximum atomic E-state index is 12.3. The Morgan fingerprint density at radius 3 is 2.78 bits per heavy atom. The molecule has 5 heteroatoms. The molecule has 1 amide bonds. The van der Waals surface area contributed by atoms with Crippen LogP contribution in [0.2, 0.25) is 0 Å². The van der Waals surface area contributed by atoms with Crippen molar-refractivity contribution in [1.82, 2.24) is 10.3 Å². The molecule has 1 saturated heterocycles. The van der Waals surface area contributed by atoms with Gasteiger partial charge in [-0.3, -0.25) is 4.79 Å². The quantitative estimate of drug-likeness (QED) is 0.922. The molecule has 0 saturated carbocycles. The first-order valence-electron chi connectivity index (χ1n) is 7.98. The number of hydrogen-bond donors (Lipinski definition) is 1. The normalized spacial score (nSPS) is 18.0. The van der Waals surface area contributed by atoms with Crippen LogP contribution in [0.1, 0.15) is 30.8 Å². The van der Waals surface area contributed by atoms with E-state index in [1.807, 2.05) is 37.3 Å². The summed E-state index contributed by atoms with van der Waals surface area (Å²) >= 11 is 0. The Morgan fingerprint density at radius 2 is 2.00 bits per heavy atom. The smallest absolute Gasteiger partial charge is 0.269 e. The molecule has 1 aliphatic rings. The number of pyridine rings is 1. The van der Waals surface area contributed by atoms with Crippen LogP contribution < -0.4 is 5.32 Å². The van der Waals surface area contributed by atoms with Crippen LogP contribution in [0.4, 0.5) is 0 Å².